The van der Waals surface area contributed by atoms with Crippen LogP contribution in [-0.4, -0.2) is 21.5 Å². The Bertz CT molecular complexity index is 963. The van der Waals surface area contributed by atoms with Gasteiger partial charge in [-0.15, -0.1) is 11.3 Å². The molecule has 0 aliphatic heterocycles. The average Bonchev–Trinajstić information content (AvgIpc) is 3.12. The van der Waals surface area contributed by atoms with E-state index in [4.69, 9.17) is 17.2 Å². The first-order valence-electron chi connectivity index (χ1n) is 8.84. The number of aromatic nitrogens is 1. The van der Waals surface area contributed by atoms with Crippen LogP contribution in [0.15, 0.2) is 60.7 Å². The summed E-state index contributed by atoms with van der Waals surface area (Å²) in [6.07, 6.45) is 0. The number of thiocarbonyl (C=S) groups is 1. The number of carbonyl (C=O) groups is 1. The molecular formula is C21H22N4OS2. The molecule has 0 spiro atoms. The Balaban J connectivity index is 1.87. The van der Waals surface area contributed by atoms with Crippen molar-refractivity contribution in [3.63, 3.8) is 0 Å². The topological polar surface area (TPSA) is 66.0 Å². The minimum atomic E-state index is -0.281. The Labute approximate surface area is 174 Å². The van der Waals surface area contributed by atoms with E-state index < -0.39 is 0 Å². The highest BCUT2D eigenvalue weighted by Crippen LogP contribution is 2.33. The second-order valence-electron chi connectivity index (χ2n) is 7.21. The van der Waals surface area contributed by atoms with E-state index in [0.717, 1.165) is 16.1 Å². The number of hydrogen-bond acceptors (Lipinski definition) is 4. The summed E-state index contributed by atoms with van der Waals surface area (Å²) in [7, 11) is 0. The molecule has 1 amide bonds. The van der Waals surface area contributed by atoms with Gasteiger partial charge in [0.2, 0.25) is 0 Å². The van der Waals surface area contributed by atoms with Gasteiger partial charge in [-0.25, -0.2) is 4.98 Å². The van der Waals surface area contributed by atoms with Crippen LogP contribution in [0, 0.1) is 0 Å². The predicted octanol–water partition coefficient (Wildman–Crippen LogP) is 4.38. The van der Waals surface area contributed by atoms with Gasteiger partial charge < -0.3 is 5.32 Å². The van der Waals surface area contributed by atoms with Gasteiger partial charge in [-0.3, -0.25) is 15.6 Å². The van der Waals surface area contributed by atoms with Crippen LogP contribution in [0.4, 0.5) is 0 Å². The fraction of sp³-hybridized carbons (Fsp3) is 0.190. The molecule has 0 aliphatic rings. The van der Waals surface area contributed by atoms with Gasteiger partial charge in [0.1, 0.15) is 9.88 Å². The zero-order chi connectivity index (χ0) is 20.1. The molecule has 3 aromatic rings. The van der Waals surface area contributed by atoms with E-state index in [9.17, 15) is 4.79 Å². The standard InChI is InChI=1S/C21H22N4OS2/c1-21(2,3)23-20(27)25-24-18(26)17-16(14-10-6-4-7-11-14)22-19(28-17)15-12-8-5-9-13-15/h4-13H,1-3H3,(H,24,26)(H2,23,25,27). The Morgan fingerprint density at radius 2 is 1.50 bits per heavy atom. The normalized spacial score (nSPS) is 11.0. The molecule has 0 radical (unpaired) electrons. The van der Waals surface area contributed by atoms with Crippen LogP contribution in [-0.2, 0) is 0 Å². The van der Waals surface area contributed by atoms with Crippen LogP contribution in [0.25, 0.3) is 21.8 Å². The van der Waals surface area contributed by atoms with Crippen molar-refractivity contribution in [2.75, 3.05) is 0 Å². The van der Waals surface area contributed by atoms with E-state index in [0.29, 0.717) is 15.7 Å². The first kappa shape index (κ1) is 20.0. The third kappa shape index (κ3) is 5.15. The van der Waals surface area contributed by atoms with Crippen molar-refractivity contribution in [1.29, 1.82) is 0 Å². The van der Waals surface area contributed by atoms with E-state index >= 15 is 0 Å². The number of amides is 1. The summed E-state index contributed by atoms with van der Waals surface area (Å²) in [6, 6.07) is 19.5. The highest BCUT2D eigenvalue weighted by molar-refractivity contribution is 7.80. The number of nitrogens with zero attached hydrogens (tertiary/aromatic N) is 1. The van der Waals surface area contributed by atoms with E-state index in [1.165, 1.54) is 11.3 Å². The molecule has 3 rings (SSSR count). The zero-order valence-corrected chi connectivity index (χ0v) is 17.6. The molecule has 0 aliphatic carbocycles. The quantitative estimate of drug-likeness (QED) is 0.442. The minimum Gasteiger partial charge on any atom is -0.357 e. The molecule has 3 N–H and O–H groups in total. The summed E-state index contributed by atoms with van der Waals surface area (Å²) in [5, 5.41) is 4.24. The lowest BCUT2D eigenvalue weighted by molar-refractivity contribution is 0.0948. The molecule has 0 fully saturated rings. The number of rotatable bonds is 3. The summed E-state index contributed by atoms with van der Waals surface area (Å²) >= 11 is 6.58. The molecule has 0 saturated carbocycles. The largest absolute Gasteiger partial charge is 0.357 e. The third-order valence-electron chi connectivity index (χ3n) is 3.68. The van der Waals surface area contributed by atoms with Gasteiger partial charge in [0, 0.05) is 16.7 Å². The molecule has 0 unspecified atom stereocenters. The van der Waals surface area contributed by atoms with E-state index in [-0.39, 0.29) is 11.4 Å². The maximum atomic E-state index is 12.9. The average molecular weight is 411 g/mol. The summed E-state index contributed by atoms with van der Waals surface area (Å²) in [5.41, 5.74) is 7.75. The Hall–Kier alpha value is -2.77. The van der Waals surface area contributed by atoms with Crippen molar-refractivity contribution in [2.45, 2.75) is 26.3 Å². The summed E-state index contributed by atoms with van der Waals surface area (Å²) < 4.78 is 0. The fourth-order valence-corrected chi connectivity index (χ4v) is 3.86. The van der Waals surface area contributed by atoms with Crippen molar-refractivity contribution in [2.24, 2.45) is 0 Å². The van der Waals surface area contributed by atoms with Gasteiger partial charge in [-0.05, 0) is 33.0 Å². The lowest BCUT2D eigenvalue weighted by Crippen LogP contribution is -2.52. The van der Waals surface area contributed by atoms with Gasteiger partial charge in [-0.2, -0.15) is 0 Å². The second kappa shape index (κ2) is 8.50. The number of thiazole rings is 1. The van der Waals surface area contributed by atoms with E-state index in [1.54, 1.807) is 0 Å². The van der Waals surface area contributed by atoms with Gasteiger partial charge in [-0.1, -0.05) is 60.7 Å². The van der Waals surface area contributed by atoms with Crippen LogP contribution in [0.3, 0.4) is 0 Å². The maximum Gasteiger partial charge on any atom is 0.282 e. The van der Waals surface area contributed by atoms with Crippen LogP contribution in [0.2, 0.25) is 0 Å². The third-order valence-corrected chi connectivity index (χ3v) is 4.99. The molecule has 0 atom stereocenters. The predicted molar refractivity (Wildman–Crippen MR) is 119 cm³/mol. The summed E-state index contributed by atoms with van der Waals surface area (Å²) in [4.78, 5) is 18.1. The lowest BCUT2D eigenvalue weighted by atomic mass is 10.1. The van der Waals surface area contributed by atoms with Gasteiger partial charge in [0.05, 0.1) is 5.69 Å². The molecule has 1 heterocycles. The highest BCUT2D eigenvalue weighted by Gasteiger charge is 2.21. The molecular weight excluding hydrogens is 388 g/mol. The summed E-state index contributed by atoms with van der Waals surface area (Å²) in [5.74, 6) is -0.281. The van der Waals surface area contributed by atoms with Crippen LogP contribution >= 0.6 is 23.6 Å². The molecule has 0 bridgehead atoms. The molecule has 28 heavy (non-hydrogen) atoms. The Morgan fingerprint density at radius 3 is 2.07 bits per heavy atom. The second-order valence-corrected chi connectivity index (χ2v) is 8.62. The zero-order valence-electron chi connectivity index (χ0n) is 15.9. The fourth-order valence-electron chi connectivity index (χ4n) is 2.51. The van der Waals surface area contributed by atoms with E-state index in [2.05, 4.69) is 16.2 Å². The van der Waals surface area contributed by atoms with Crippen molar-refractivity contribution >= 4 is 34.6 Å². The van der Waals surface area contributed by atoms with Gasteiger partial charge in [0.25, 0.3) is 5.91 Å². The smallest absolute Gasteiger partial charge is 0.282 e. The monoisotopic (exact) mass is 410 g/mol. The molecule has 2 aromatic carbocycles. The van der Waals surface area contributed by atoms with Crippen molar-refractivity contribution in [1.82, 2.24) is 21.2 Å². The first-order chi connectivity index (χ1) is 13.3. The highest BCUT2D eigenvalue weighted by atomic mass is 32.1. The SMILES string of the molecule is CC(C)(C)NC(=S)NNC(=O)c1sc(-c2ccccc2)nc1-c1ccccc1. The molecule has 0 saturated heterocycles. The Morgan fingerprint density at radius 1 is 0.929 bits per heavy atom. The number of hydrazine groups is 1. The maximum absolute atomic E-state index is 12.9. The Kier molecular flexibility index (Phi) is 6.06. The number of benzene rings is 2. The van der Waals surface area contributed by atoms with Crippen molar-refractivity contribution in [3.05, 3.63) is 65.5 Å². The molecule has 7 heteroatoms. The molecule has 5 nitrogen and oxygen atoms in total. The van der Waals surface area contributed by atoms with Crippen LogP contribution < -0.4 is 16.2 Å². The van der Waals surface area contributed by atoms with Crippen LogP contribution in [0.1, 0.15) is 30.4 Å². The van der Waals surface area contributed by atoms with Crippen molar-refractivity contribution < 1.29 is 4.79 Å². The lowest BCUT2D eigenvalue weighted by Gasteiger charge is -2.23. The van der Waals surface area contributed by atoms with E-state index in [1.807, 2.05) is 81.4 Å². The minimum absolute atomic E-state index is 0.199. The van der Waals surface area contributed by atoms with Crippen LogP contribution in [0.5, 0.6) is 0 Å². The molecule has 144 valence electrons. The first-order valence-corrected chi connectivity index (χ1v) is 10.1. The van der Waals surface area contributed by atoms with Crippen molar-refractivity contribution in [3.8, 4) is 21.8 Å². The molecule has 1 aromatic heterocycles. The summed E-state index contributed by atoms with van der Waals surface area (Å²) in [6.45, 7) is 5.98. The number of carbonyl (C=O) groups excluding carboxylic acids is 1. The van der Waals surface area contributed by atoms with Gasteiger partial charge >= 0.3 is 0 Å². The number of nitrogens with one attached hydrogen (secondary N) is 3. The van der Waals surface area contributed by atoms with Gasteiger partial charge in [0.15, 0.2) is 5.11 Å². The number of hydrogen-bond donors (Lipinski definition) is 3.